The third-order valence-corrected chi connectivity index (χ3v) is 3.62. The number of benzene rings is 1. The smallest absolute Gasteiger partial charge is 0.289 e. The zero-order chi connectivity index (χ0) is 12.8. The molecule has 1 N–H and O–H groups in total. The van der Waals surface area contributed by atoms with Crippen LogP contribution in [0.25, 0.3) is 0 Å². The third kappa shape index (κ3) is 1.59. The second-order valence-corrected chi connectivity index (χ2v) is 5.00. The van der Waals surface area contributed by atoms with Crippen molar-refractivity contribution in [2.75, 3.05) is 18.5 Å². The largest absolute Gasteiger partial charge is 0.768 e. The van der Waals surface area contributed by atoms with E-state index in [0.29, 0.717) is 30.9 Å². The fourth-order valence-corrected chi connectivity index (χ4v) is 2.55. The van der Waals surface area contributed by atoms with E-state index >= 15 is 0 Å². The minimum Gasteiger partial charge on any atom is -0.768 e. The van der Waals surface area contributed by atoms with Crippen LogP contribution in [0.4, 0.5) is 5.69 Å². The van der Waals surface area contributed by atoms with Gasteiger partial charge in [0.2, 0.25) is 0 Å². The van der Waals surface area contributed by atoms with Crippen molar-refractivity contribution in [1.82, 2.24) is 0 Å². The highest BCUT2D eigenvalue weighted by Gasteiger charge is 2.51. The summed E-state index contributed by atoms with van der Waals surface area (Å²) in [6, 6.07) is 4.36. The molecule has 3 rings (SSSR count). The van der Waals surface area contributed by atoms with Crippen LogP contribution in [0.15, 0.2) is 23.1 Å². The molecule has 7 heteroatoms. The van der Waals surface area contributed by atoms with E-state index in [0.717, 1.165) is 0 Å². The van der Waals surface area contributed by atoms with Gasteiger partial charge in [-0.1, -0.05) is 0 Å². The summed E-state index contributed by atoms with van der Waals surface area (Å²) in [5.41, 5.74) is 0.949. The number of carbonyl (C=O) groups excluding carboxylic acids is 1. The fourth-order valence-electron chi connectivity index (χ4n) is 2.15. The molecule has 2 aliphatic rings. The molecule has 0 aromatic heterocycles. The molecule has 1 aromatic rings. The molecule has 1 fully saturated rings. The summed E-state index contributed by atoms with van der Waals surface area (Å²) in [4.78, 5) is 12.1. The van der Waals surface area contributed by atoms with Crippen LogP contribution < -0.4 is 5.32 Å². The van der Waals surface area contributed by atoms with Crippen LogP contribution >= 0.6 is 0 Å². The minimum absolute atomic E-state index is 0.0994. The lowest BCUT2D eigenvalue weighted by atomic mass is 10.1. The van der Waals surface area contributed by atoms with Crippen molar-refractivity contribution in [2.24, 2.45) is 0 Å². The van der Waals surface area contributed by atoms with E-state index in [1.54, 1.807) is 0 Å². The van der Waals surface area contributed by atoms with Crippen LogP contribution in [0, 0.1) is 0 Å². The van der Waals surface area contributed by atoms with Crippen LogP contribution in [0.3, 0.4) is 0 Å². The number of anilines is 1. The van der Waals surface area contributed by atoms with Gasteiger partial charge in [0, 0.05) is 10.5 Å². The normalized spacial score (nSPS) is 22.6. The van der Waals surface area contributed by atoms with Crippen molar-refractivity contribution in [2.45, 2.75) is 17.1 Å². The van der Waals surface area contributed by atoms with E-state index < -0.39 is 22.8 Å². The lowest BCUT2D eigenvalue weighted by Gasteiger charge is -2.31. The Morgan fingerprint density at radius 2 is 2.06 bits per heavy atom. The number of rotatable bonds is 1. The second-order valence-electron chi connectivity index (χ2n) is 4.06. The molecule has 2 heterocycles. The van der Waals surface area contributed by atoms with Crippen LogP contribution in [0.1, 0.15) is 12.0 Å². The molecule has 96 valence electrons. The highest BCUT2D eigenvalue weighted by atomic mass is 32.2. The van der Waals surface area contributed by atoms with Gasteiger partial charge in [0.1, 0.15) is 0 Å². The van der Waals surface area contributed by atoms with Gasteiger partial charge in [-0.25, -0.2) is 0 Å². The maximum atomic E-state index is 12.0. The van der Waals surface area contributed by atoms with Gasteiger partial charge in [0.05, 0.1) is 18.9 Å². The zero-order valence-electron chi connectivity index (χ0n) is 9.30. The molecule has 0 aliphatic carbocycles. The van der Waals surface area contributed by atoms with Gasteiger partial charge in [0.25, 0.3) is 11.7 Å². The highest BCUT2D eigenvalue weighted by molar-refractivity contribution is 7.79. The molecular weight excluding hydrogens is 258 g/mol. The van der Waals surface area contributed by atoms with Crippen LogP contribution in [-0.4, -0.2) is 27.9 Å². The lowest BCUT2D eigenvalue weighted by molar-refractivity contribution is -0.255. The van der Waals surface area contributed by atoms with E-state index in [4.69, 9.17) is 9.47 Å². The Morgan fingerprint density at radius 1 is 1.33 bits per heavy atom. The molecule has 18 heavy (non-hydrogen) atoms. The van der Waals surface area contributed by atoms with Crippen molar-refractivity contribution in [1.29, 1.82) is 0 Å². The van der Waals surface area contributed by atoms with Crippen LogP contribution in [0.5, 0.6) is 0 Å². The fraction of sp³-hybridized carbons (Fsp3) is 0.364. The predicted molar refractivity (Wildman–Crippen MR) is 60.5 cm³/mol. The number of nitrogens with one attached hydrogen (secondary N) is 1. The summed E-state index contributed by atoms with van der Waals surface area (Å²) in [5, 5.41) is 2.63. The molecule has 0 saturated carbocycles. The second kappa shape index (κ2) is 4.13. The van der Waals surface area contributed by atoms with Crippen molar-refractivity contribution >= 4 is 22.7 Å². The van der Waals surface area contributed by atoms with E-state index in [2.05, 4.69) is 5.32 Å². The monoisotopic (exact) mass is 268 g/mol. The van der Waals surface area contributed by atoms with E-state index in [1.807, 2.05) is 0 Å². The molecule has 0 bridgehead atoms. The summed E-state index contributed by atoms with van der Waals surface area (Å²) in [7, 11) is 0. The number of amides is 1. The summed E-state index contributed by atoms with van der Waals surface area (Å²) in [5.74, 6) is -1.89. The number of hydrogen-bond donors (Lipinski definition) is 1. The van der Waals surface area contributed by atoms with E-state index in [-0.39, 0.29) is 4.90 Å². The summed E-state index contributed by atoms with van der Waals surface area (Å²) < 4.78 is 32.9. The van der Waals surface area contributed by atoms with Crippen molar-refractivity contribution in [3.63, 3.8) is 0 Å². The highest BCUT2D eigenvalue weighted by Crippen LogP contribution is 2.42. The summed E-state index contributed by atoms with van der Waals surface area (Å²) in [6.07, 6.45) is 0.706. The lowest BCUT2D eigenvalue weighted by Crippen LogP contribution is -2.43. The maximum absolute atomic E-state index is 12.0. The average Bonchev–Trinajstić information content (AvgIpc) is 2.63. The maximum Gasteiger partial charge on any atom is 0.289 e. The number of hydrogen-bond acceptors (Lipinski definition) is 5. The minimum atomic E-state index is -2.35. The van der Waals surface area contributed by atoms with Gasteiger partial charge in [0.15, 0.2) is 0 Å². The van der Waals surface area contributed by atoms with Gasteiger partial charge in [-0.05, 0) is 35.7 Å². The van der Waals surface area contributed by atoms with Gasteiger partial charge in [-0.3, -0.25) is 9.00 Å². The van der Waals surface area contributed by atoms with Crippen molar-refractivity contribution in [3.05, 3.63) is 23.8 Å². The Morgan fingerprint density at radius 3 is 2.72 bits per heavy atom. The molecule has 1 spiro atoms. The van der Waals surface area contributed by atoms with Gasteiger partial charge in [-0.15, -0.1) is 0 Å². The average molecular weight is 268 g/mol. The van der Waals surface area contributed by atoms with Crippen LogP contribution in [0.2, 0.25) is 0 Å². The molecule has 1 aromatic carbocycles. The molecular formula is C11H10NO5S-. The van der Waals surface area contributed by atoms with E-state index in [9.17, 15) is 13.6 Å². The first-order chi connectivity index (χ1) is 8.63. The number of fused-ring (bicyclic) bond motifs is 2. The van der Waals surface area contributed by atoms with Crippen LogP contribution in [-0.2, 0) is 31.1 Å². The van der Waals surface area contributed by atoms with Crippen molar-refractivity contribution < 1.29 is 23.0 Å². The first kappa shape index (κ1) is 11.8. The molecule has 6 nitrogen and oxygen atoms in total. The SMILES string of the molecule is O=C1Nc2ccc(S(=O)[O-])cc2C12OCCCO2. The number of carbonyl (C=O) groups is 1. The van der Waals surface area contributed by atoms with E-state index in [1.165, 1.54) is 18.2 Å². The van der Waals surface area contributed by atoms with Crippen molar-refractivity contribution in [3.8, 4) is 0 Å². The molecule has 1 saturated heterocycles. The number of ether oxygens (including phenoxy) is 2. The third-order valence-electron chi connectivity index (χ3n) is 2.98. The molecule has 0 radical (unpaired) electrons. The summed E-state index contributed by atoms with van der Waals surface area (Å²) >= 11 is -2.35. The molecule has 2 aliphatic heterocycles. The van der Waals surface area contributed by atoms with Gasteiger partial charge in [-0.2, -0.15) is 0 Å². The quantitative estimate of drug-likeness (QED) is 0.748. The molecule has 1 unspecified atom stereocenters. The van der Waals surface area contributed by atoms with Gasteiger partial charge < -0.3 is 19.3 Å². The Balaban J connectivity index is 2.12. The molecule has 1 amide bonds. The first-order valence-electron chi connectivity index (χ1n) is 5.47. The Bertz CT molecular complexity index is 538. The summed E-state index contributed by atoms with van der Waals surface area (Å²) in [6.45, 7) is 0.801. The standard InChI is InChI=1S/C11H11NO5S/c13-10-11(16-4-1-5-17-11)8-6-7(18(14)15)2-3-9(8)12-10/h2-3,6H,1,4-5H2,(H,12,13)(H,14,15)/p-1. The zero-order valence-corrected chi connectivity index (χ0v) is 10.1. The van der Waals surface area contributed by atoms with Gasteiger partial charge >= 0.3 is 0 Å². The Kier molecular flexibility index (Phi) is 2.70. The predicted octanol–water partition coefficient (Wildman–Crippen LogP) is 0.466. The topological polar surface area (TPSA) is 87.7 Å². The Labute approximate surface area is 106 Å². The molecule has 1 atom stereocenters. The first-order valence-corrected chi connectivity index (χ1v) is 6.54. The Hall–Kier alpha value is -1.28.